The maximum absolute atomic E-state index is 13.2. The summed E-state index contributed by atoms with van der Waals surface area (Å²) in [4.78, 5) is 21.4. The molecular weight excluding hydrogens is 361 g/mol. The average molecular weight is 383 g/mol. The quantitative estimate of drug-likeness (QED) is 0.708. The van der Waals surface area contributed by atoms with E-state index in [0.717, 1.165) is 11.1 Å². The lowest BCUT2D eigenvalue weighted by molar-refractivity contribution is 0.0905. The number of carbonyl (C=O) groups excluding carboxylic acids is 1. The molecule has 0 radical (unpaired) electrons. The fraction of sp³-hybridized carbons (Fsp3) is 0.300. The van der Waals surface area contributed by atoms with Crippen molar-refractivity contribution in [3.05, 3.63) is 59.3 Å². The van der Waals surface area contributed by atoms with Crippen LogP contribution in [0.2, 0.25) is 0 Å². The molecule has 0 saturated heterocycles. The first-order valence-electron chi connectivity index (χ1n) is 8.85. The highest BCUT2D eigenvalue weighted by molar-refractivity contribution is 5.95. The Morgan fingerprint density at radius 3 is 2.64 bits per heavy atom. The molecule has 2 aromatic heterocycles. The normalized spacial score (nSPS) is 12.0. The molecule has 8 heteroatoms. The highest BCUT2D eigenvalue weighted by Gasteiger charge is 2.18. The van der Waals surface area contributed by atoms with Crippen molar-refractivity contribution in [2.45, 2.75) is 26.8 Å². The van der Waals surface area contributed by atoms with Crippen LogP contribution < -0.4 is 5.32 Å². The Kier molecular flexibility index (Phi) is 5.79. The summed E-state index contributed by atoms with van der Waals surface area (Å²) in [7, 11) is 1.58. The molecule has 28 heavy (non-hydrogen) atoms. The van der Waals surface area contributed by atoms with Crippen LogP contribution in [0.4, 0.5) is 4.39 Å². The van der Waals surface area contributed by atoms with Crippen LogP contribution in [-0.4, -0.2) is 45.4 Å². The standard InChI is InChI=1S/C20H22FN5O2/c1-12-9-22-20(25-18(12)15-5-7-16(21)8-6-15)26-14(3)17(10-23-26)19(27)24-13(2)11-28-4/h5-10,13H,11H2,1-4H3,(H,24,27)/t13-/m0/s1. The van der Waals surface area contributed by atoms with Crippen LogP contribution >= 0.6 is 0 Å². The molecule has 0 aliphatic rings. The van der Waals surface area contributed by atoms with Crippen LogP contribution in [0, 0.1) is 19.7 Å². The van der Waals surface area contributed by atoms with Crippen LogP contribution in [0.5, 0.6) is 0 Å². The molecule has 1 atom stereocenters. The van der Waals surface area contributed by atoms with Gasteiger partial charge in [-0.25, -0.2) is 19.0 Å². The molecule has 0 saturated carbocycles. The molecule has 0 fully saturated rings. The summed E-state index contributed by atoms with van der Waals surface area (Å²) in [6, 6.07) is 5.99. The van der Waals surface area contributed by atoms with E-state index in [-0.39, 0.29) is 17.8 Å². The van der Waals surface area contributed by atoms with Crippen LogP contribution in [-0.2, 0) is 4.74 Å². The number of aromatic nitrogens is 4. The first-order valence-corrected chi connectivity index (χ1v) is 8.85. The van der Waals surface area contributed by atoms with Gasteiger partial charge in [-0.3, -0.25) is 4.79 Å². The molecule has 3 aromatic rings. The summed E-state index contributed by atoms with van der Waals surface area (Å²) in [5.74, 6) is -0.206. The minimum atomic E-state index is -0.308. The van der Waals surface area contributed by atoms with Crippen molar-refractivity contribution >= 4 is 5.91 Å². The van der Waals surface area contributed by atoms with Crippen LogP contribution in [0.3, 0.4) is 0 Å². The predicted octanol–water partition coefficient (Wildman–Crippen LogP) is 2.85. The number of hydrogen-bond donors (Lipinski definition) is 1. The van der Waals surface area contributed by atoms with E-state index in [0.29, 0.717) is 29.5 Å². The molecule has 0 spiro atoms. The van der Waals surface area contributed by atoms with E-state index in [9.17, 15) is 9.18 Å². The monoisotopic (exact) mass is 383 g/mol. The van der Waals surface area contributed by atoms with Gasteiger partial charge in [0.2, 0.25) is 0 Å². The summed E-state index contributed by atoms with van der Waals surface area (Å²) in [5, 5.41) is 7.14. The SMILES string of the molecule is COC[C@H](C)NC(=O)c1cnn(-c2ncc(C)c(-c3ccc(F)cc3)n2)c1C. The Balaban J connectivity index is 1.92. The van der Waals surface area contributed by atoms with E-state index in [2.05, 4.69) is 20.4 Å². The van der Waals surface area contributed by atoms with Gasteiger partial charge in [0, 0.05) is 24.9 Å². The molecule has 2 heterocycles. The van der Waals surface area contributed by atoms with E-state index in [1.54, 1.807) is 32.4 Å². The third kappa shape index (κ3) is 4.07. The number of nitrogens with zero attached hydrogens (tertiary/aromatic N) is 4. The Morgan fingerprint density at radius 1 is 1.25 bits per heavy atom. The number of amides is 1. The molecule has 7 nitrogen and oxygen atoms in total. The highest BCUT2D eigenvalue weighted by Crippen LogP contribution is 2.22. The number of rotatable bonds is 6. The van der Waals surface area contributed by atoms with Crippen molar-refractivity contribution < 1.29 is 13.9 Å². The van der Waals surface area contributed by atoms with Gasteiger partial charge in [-0.05, 0) is 50.6 Å². The van der Waals surface area contributed by atoms with Crippen LogP contribution in [0.15, 0.2) is 36.7 Å². The summed E-state index contributed by atoms with van der Waals surface area (Å²) in [5.41, 5.74) is 3.37. The van der Waals surface area contributed by atoms with E-state index in [1.807, 2.05) is 13.8 Å². The van der Waals surface area contributed by atoms with Gasteiger partial charge in [0.1, 0.15) is 5.82 Å². The molecule has 1 aromatic carbocycles. The Labute approximate surface area is 162 Å². The van der Waals surface area contributed by atoms with Gasteiger partial charge in [0.15, 0.2) is 0 Å². The largest absolute Gasteiger partial charge is 0.383 e. The maximum atomic E-state index is 13.2. The zero-order chi connectivity index (χ0) is 20.3. The second kappa shape index (κ2) is 8.26. The fourth-order valence-electron chi connectivity index (χ4n) is 2.86. The third-order valence-corrected chi connectivity index (χ3v) is 4.31. The molecule has 0 aliphatic carbocycles. The topological polar surface area (TPSA) is 81.9 Å². The van der Waals surface area contributed by atoms with Gasteiger partial charge in [-0.1, -0.05) is 0 Å². The number of hydrogen-bond acceptors (Lipinski definition) is 5. The molecule has 146 valence electrons. The van der Waals surface area contributed by atoms with Crippen molar-refractivity contribution in [1.82, 2.24) is 25.1 Å². The van der Waals surface area contributed by atoms with Gasteiger partial charge < -0.3 is 10.1 Å². The predicted molar refractivity (Wildman–Crippen MR) is 103 cm³/mol. The van der Waals surface area contributed by atoms with Crippen LogP contribution in [0.25, 0.3) is 17.2 Å². The van der Waals surface area contributed by atoms with Gasteiger partial charge in [-0.15, -0.1) is 0 Å². The van der Waals surface area contributed by atoms with Crippen molar-refractivity contribution in [3.8, 4) is 17.2 Å². The smallest absolute Gasteiger partial charge is 0.255 e. The minimum Gasteiger partial charge on any atom is -0.383 e. The fourth-order valence-corrected chi connectivity index (χ4v) is 2.86. The van der Waals surface area contributed by atoms with Gasteiger partial charge in [0.05, 0.1) is 29.8 Å². The average Bonchev–Trinajstić information content (AvgIpc) is 3.05. The number of nitrogens with one attached hydrogen (secondary N) is 1. The summed E-state index contributed by atoms with van der Waals surface area (Å²) in [6.07, 6.45) is 3.17. The lowest BCUT2D eigenvalue weighted by atomic mass is 10.1. The van der Waals surface area contributed by atoms with Crippen molar-refractivity contribution in [2.75, 3.05) is 13.7 Å². The molecule has 1 amide bonds. The summed E-state index contributed by atoms with van der Waals surface area (Å²) >= 11 is 0. The summed E-state index contributed by atoms with van der Waals surface area (Å²) < 4.78 is 19.8. The Morgan fingerprint density at radius 2 is 1.96 bits per heavy atom. The van der Waals surface area contributed by atoms with E-state index < -0.39 is 0 Å². The minimum absolute atomic E-state index is 0.124. The number of halogens is 1. The molecule has 3 rings (SSSR count). The number of ether oxygens (including phenoxy) is 1. The lowest BCUT2D eigenvalue weighted by Gasteiger charge is -2.12. The van der Waals surface area contributed by atoms with E-state index in [1.165, 1.54) is 23.0 Å². The number of benzene rings is 1. The van der Waals surface area contributed by atoms with Gasteiger partial charge in [0.25, 0.3) is 11.9 Å². The molecule has 0 aliphatic heterocycles. The third-order valence-electron chi connectivity index (χ3n) is 4.31. The zero-order valence-corrected chi connectivity index (χ0v) is 16.2. The second-order valence-electron chi connectivity index (χ2n) is 6.59. The molecular formula is C20H22FN5O2. The first-order chi connectivity index (χ1) is 13.4. The lowest BCUT2D eigenvalue weighted by Crippen LogP contribution is -2.35. The maximum Gasteiger partial charge on any atom is 0.255 e. The number of carbonyl (C=O) groups is 1. The molecule has 0 unspecified atom stereocenters. The zero-order valence-electron chi connectivity index (χ0n) is 16.2. The Hall–Kier alpha value is -3.13. The van der Waals surface area contributed by atoms with Crippen molar-refractivity contribution in [2.24, 2.45) is 0 Å². The van der Waals surface area contributed by atoms with Gasteiger partial charge >= 0.3 is 0 Å². The highest BCUT2D eigenvalue weighted by atomic mass is 19.1. The Bertz CT molecular complexity index is 985. The van der Waals surface area contributed by atoms with E-state index in [4.69, 9.17) is 4.74 Å². The summed E-state index contributed by atoms with van der Waals surface area (Å²) in [6.45, 7) is 5.94. The van der Waals surface area contributed by atoms with Crippen molar-refractivity contribution in [1.29, 1.82) is 0 Å². The molecule has 0 bridgehead atoms. The van der Waals surface area contributed by atoms with E-state index >= 15 is 0 Å². The number of aryl methyl sites for hydroxylation is 1. The first kappa shape index (κ1) is 19.6. The van der Waals surface area contributed by atoms with Gasteiger partial charge in [-0.2, -0.15) is 5.10 Å². The second-order valence-corrected chi connectivity index (χ2v) is 6.59. The van der Waals surface area contributed by atoms with Crippen LogP contribution in [0.1, 0.15) is 28.5 Å². The van der Waals surface area contributed by atoms with Crippen molar-refractivity contribution in [3.63, 3.8) is 0 Å². The molecule has 1 N–H and O–H groups in total. The number of methoxy groups -OCH3 is 1.